The number of rotatable bonds is 4. The lowest BCUT2D eigenvalue weighted by Gasteiger charge is -2.12. The normalized spacial score (nSPS) is 18.1. The summed E-state index contributed by atoms with van der Waals surface area (Å²) in [4.78, 5) is 33.8. The molecule has 15 heavy (non-hydrogen) atoms. The zero-order valence-electron chi connectivity index (χ0n) is 7.53. The van der Waals surface area contributed by atoms with E-state index < -0.39 is 11.5 Å². The van der Waals surface area contributed by atoms with E-state index in [2.05, 4.69) is 5.32 Å². The molecular weight excluding hydrogens is 247 g/mol. The van der Waals surface area contributed by atoms with Gasteiger partial charge in [0, 0.05) is 13.1 Å². The monoisotopic (exact) mass is 254 g/mol. The Morgan fingerprint density at radius 1 is 1.67 bits per heavy atom. The molecule has 1 aliphatic heterocycles. The fraction of sp³-hybridized carbons (Fsp3) is 0.571. The molecule has 1 aliphatic rings. The second-order valence-electron chi connectivity index (χ2n) is 2.69. The molecule has 1 fully saturated rings. The van der Waals surface area contributed by atoms with Gasteiger partial charge in [0.15, 0.2) is 0 Å². The molecule has 0 radical (unpaired) electrons. The van der Waals surface area contributed by atoms with Crippen LogP contribution in [0.2, 0.25) is 0 Å². The number of imide groups is 1. The number of nitrogens with one attached hydrogen (secondary N) is 1. The van der Waals surface area contributed by atoms with E-state index >= 15 is 0 Å². The van der Waals surface area contributed by atoms with E-state index in [1.165, 1.54) is 0 Å². The van der Waals surface area contributed by atoms with Gasteiger partial charge in [-0.15, -0.1) is 0 Å². The van der Waals surface area contributed by atoms with Crippen LogP contribution < -0.4 is 5.32 Å². The summed E-state index contributed by atoms with van der Waals surface area (Å²) in [6.45, 7) is 0.0457. The Bertz CT molecular complexity index is 284. The number of alkyl halides is 2. The number of hydrogen-bond acceptors (Lipinski definition) is 4. The summed E-state index contributed by atoms with van der Waals surface area (Å²) in [7, 11) is 0. The first kappa shape index (κ1) is 12.3. The van der Waals surface area contributed by atoms with Crippen molar-refractivity contribution in [3.63, 3.8) is 0 Å². The zero-order valence-corrected chi connectivity index (χ0v) is 9.11. The number of halogens is 2. The van der Waals surface area contributed by atoms with Crippen molar-refractivity contribution in [3.8, 4) is 0 Å². The largest absolute Gasteiger partial charge is 0.351 e. The van der Waals surface area contributed by atoms with Crippen molar-refractivity contribution in [2.75, 3.05) is 18.8 Å². The van der Waals surface area contributed by atoms with E-state index in [9.17, 15) is 18.8 Å². The topological polar surface area (TPSA) is 66.5 Å². The minimum atomic E-state index is -2.11. The molecule has 1 rings (SSSR count). The molecule has 1 saturated heterocycles. The standard InChI is InChI=1S/C7H8ClFN2O3S/c8-5(9)6(13)10-1-2-11-4(12)3-15-7(11)14/h5H,1-3H2,(H,10,13). The number of carbonyl (C=O) groups excluding carboxylic acids is 3. The van der Waals surface area contributed by atoms with E-state index in [4.69, 9.17) is 11.6 Å². The molecule has 0 aromatic carbocycles. The van der Waals surface area contributed by atoms with Crippen molar-refractivity contribution in [1.82, 2.24) is 10.2 Å². The summed E-state index contributed by atoms with van der Waals surface area (Å²) in [6.07, 6.45) is 0. The first-order chi connectivity index (χ1) is 7.02. The second-order valence-corrected chi connectivity index (χ2v) is 4.00. The molecule has 1 N–H and O–H groups in total. The third-order valence-electron chi connectivity index (χ3n) is 1.67. The Morgan fingerprint density at radius 2 is 2.33 bits per heavy atom. The zero-order chi connectivity index (χ0) is 11.4. The lowest BCUT2D eigenvalue weighted by Crippen LogP contribution is -2.39. The van der Waals surface area contributed by atoms with Crippen molar-refractivity contribution in [3.05, 3.63) is 0 Å². The molecule has 0 bridgehead atoms. The van der Waals surface area contributed by atoms with Crippen LogP contribution in [0.25, 0.3) is 0 Å². The lowest BCUT2D eigenvalue weighted by molar-refractivity contribution is -0.126. The fourth-order valence-electron chi connectivity index (χ4n) is 0.965. The number of hydrogen-bond donors (Lipinski definition) is 1. The molecule has 3 amide bonds. The van der Waals surface area contributed by atoms with Gasteiger partial charge in [-0.05, 0) is 0 Å². The lowest BCUT2D eigenvalue weighted by atomic mass is 10.5. The smallest absolute Gasteiger partial charge is 0.288 e. The van der Waals surface area contributed by atoms with Crippen LogP contribution in [-0.2, 0) is 9.59 Å². The van der Waals surface area contributed by atoms with Crippen LogP contribution in [0, 0.1) is 0 Å². The molecule has 0 spiro atoms. The molecule has 1 atom stereocenters. The Labute approximate surface area is 94.3 Å². The molecule has 8 heteroatoms. The van der Waals surface area contributed by atoms with E-state index in [1.807, 2.05) is 0 Å². The highest BCUT2D eigenvalue weighted by Crippen LogP contribution is 2.17. The van der Waals surface area contributed by atoms with E-state index in [1.54, 1.807) is 0 Å². The summed E-state index contributed by atoms with van der Waals surface area (Å²) in [5.41, 5.74) is -2.11. The van der Waals surface area contributed by atoms with Gasteiger partial charge >= 0.3 is 0 Å². The Hall–Kier alpha value is -0.820. The highest BCUT2D eigenvalue weighted by Gasteiger charge is 2.29. The molecule has 1 unspecified atom stereocenters. The van der Waals surface area contributed by atoms with Crippen LogP contribution in [0.1, 0.15) is 0 Å². The Kier molecular flexibility index (Phi) is 4.34. The van der Waals surface area contributed by atoms with Gasteiger partial charge in [0.25, 0.3) is 16.8 Å². The highest BCUT2D eigenvalue weighted by molar-refractivity contribution is 8.14. The first-order valence-electron chi connectivity index (χ1n) is 4.05. The molecule has 1 heterocycles. The van der Waals surface area contributed by atoms with Gasteiger partial charge in [-0.3, -0.25) is 19.3 Å². The molecule has 0 saturated carbocycles. The van der Waals surface area contributed by atoms with Gasteiger partial charge in [0.1, 0.15) is 0 Å². The Morgan fingerprint density at radius 3 is 2.80 bits per heavy atom. The van der Waals surface area contributed by atoms with Crippen LogP contribution in [0.5, 0.6) is 0 Å². The van der Waals surface area contributed by atoms with Crippen LogP contribution >= 0.6 is 23.4 Å². The number of carbonyl (C=O) groups is 3. The Balaban J connectivity index is 2.28. The van der Waals surface area contributed by atoms with Crippen molar-refractivity contribution in [2.24, 2.45) is 0 Å². The highest BCUT2D eigenvalue weighted by atomic mass is 35.5. The van der Waals surface area contributed by atoms with Crippen LogP contribution in [0.15, 0.2) is 0 Å². The van der Waals surface area contributed by atoms with Crippen molar-refractivity contribution >= 4 is 40.4 Å². The molecule has 0 aromatic heterocycles. The second kappa shape index (κ2) is 5.32. The van der Waals surface area contributed by atoms with Gasteiger partial charge in [0.05, 0.1) is 5.75 Å². The van der Waals surface area contributed by atoms with E-state index in [0.29, 0.717) is 0 Å². The maximum atomic E-state index is 12.2. The predicted molar refractivity (Wildman–Crippen MR) is 53.3 cm³/mol. The number of amides is 3. The molecule has 84 valence electrons. The van der Waals surface area contributed by atoms with Crippen LogP contribution in [-0.4, -0.2) is 46.4 Å². The summed E-state index contributed by atoms with van der Waals surface area (Å²) < 4.78 is 12.2. The maximum Gasteiger partial charge on any atom is 0.288 e. The summed E-state index contributed by atoms with van der Waals surface area (Å²) in [5.74, 6) is -1.15. The minimum absolute atomic E-state index is 0.00398. The molecule has 0 aromatic rings. The fourth-order valence-corrected chi connectivity index (χ4v) is 1.79. The number of thioether (sulfide) groups is 1. The average molecular weight is 255 g/mol. The summed E-state index contributed by atoms with van der Waals surface area (Å²) in [5, 5.41) is 1.80. The third-order valence-corrected chi connectivity index (χ3v) is 2.73. The maximum absolute atomic E-state index is 12.2. The van der Waals surface area contributed by atoms with Crippen LogP contribution in [0.3, 0.4) is 0 Å². The number of nitrogens with zero attached hydrogens (tertiary/aromatic N) is 1. The molecule has 0 aliphatic carbocycles. The average Bonchev–Trinajstić information content (AvgIpc) is 2.48. The summed E-state index contributed by atoms with van der Waals surface area (Å²) >= 11 is 5.75. The SMILES string of the molecule is O=C(NCCN1C(=O)CSC1=O)C(F)Cl. The quantitative estimate of drug-likeness (QED) is 0.735. The van der Waals surface area contributed by atoms with Gasteiger partial charge in [-0.25, -0.2) is 4.39 Å². The van der Waals surface area contributed by atoms with Gasteiger partial charge in [-0.1, -0.05) is 23.4 Å². The van der Waals surface area contributed by atoms with Crippen molar-refractivity contribution in [2.45, 2.75) is 5.63 Å². The predicted octanol–water partition coefficient (Wildman–Crippen LogP) is 0.332. The van der Waals surface area contributed by atoms with E-state index in [-0.39, 0.29) is 30.0 Å². The molecule has 5 nitrogen and oxygen atoms in total. The third kappa shape index (κ3) is 3.35. The van der Waals surface area contributed by atoms with Gasteiger partial charge in [0.2, 0.25) is 5.91 Å². The summed E-state index contributed by atoms with van der Waals surface area (Å²) in [6, 6.07) is 0. The van der Waals surface area contributed by atoms with Crippen molar-refractivity contribution in [1.29, 1.82) is 0 Å². The minimum Gasteiger partial charge on any atom is -0.351 e. The van der Waals surface area contributed by atoms with E-state index in [0.717, 1.165) is 16.7 Å². The van der Waals surface area contributed by atoms with Gasteiger partial charge in [-0.2, -0.15) is 0 Å². The van der Waals surface area contributed by atoms with Crippen molar-refractivity contribution < 1.29 is 18.8 Å². The molecular formula is C7H8ClFN2O3S. The van der Waals surface area contributed by atoms with Gasteiger partial charge < -0.3 is 5.32 Å². The first-order valence-corrected chi connectivity index (χ1v) is 5.47. The van der Waals surface area contributed by atoms with Crippen LogP contribution in [0.4, 0.5) is 9.18 Å².